The van der Waals surface area contributed by atoms with Gasteiger partial charge in [0, 0.05) is 24.6 Å². The first-order chi connectivity index (χ1) is 6.81. The lowest BCUT2D eigenvalue weighted by molar-refractivity contribution is -0.117. The van der Waals surface area contributed by atoms with E-state index in [0.717, 1.165) is 5.69 Å². The van der Waals surface area contributed by atoms with E-state index in [0.29, 0.717) is 13.0 Å². The first kappa shape index (κ1) is 8.83. The minimum Gasteiger partial charge on any atom is -0.311 e. The van der Waals surface area contributed by atoms with Crippen LogP contribution >= 0.6 is 0 Å². The Balaban J connectivity index is 2.22. The van der Waals surface area contributed by atoms with Crippen LogP contribution in [-0.2, 0) is 4.79 Å². The molecule has 0 saturated carbocycles. The van der Waals surface area contributed by atoms with E-state index in [1.54, 1.807) is 4.90 Å². The summed E-state index contributed by atoms with van der Waals surface area (Å²) >= 11 is 0. The van der Waals surface area contributed by atoms with Gasteiger partial charge in [0.05, 0.1) is 0 Å². The predicted molar refractivity (Wildman–Crippen MR) is 55.7 cm³/mol. The number of rotatable bonds is 1. The van der Waals surface area contributed by atoms with Crippen LogP contribution in [0.15, 0.2) is 30.3 Å². The van der Waals surface area contributed by atoms with Crippen molar-refractivity contribution in [1.82, 2.24) is 0 Å². The Kier molecular flexibility index (Phi) is 2.24. The van der Waals surface area contributed by atoms with Gasteiger partial charge in [-0.2, -0.15) is 0 Å². The molecule has 1 saturated heterocycles. The monoisotopic (exact) mass is 185 g/mol. The number of benzene rings is 1. The molecule has 1 aromatic carbocycles. The van der Waals surface area contributed by atoms with E-state index in [4.69, 9.17) is 6.42 Å². The number of carbonyl (C=O) groups excluding carboxylic acids is 1. The zero-order chi connectivity index (χ0) is 9.97. The molecule has 0 radical (unpaired) electrons. The summed E-state index contributed by atoms with van der Waals surface area (Å²) in [4.78, 5) is 13.3. The van der Waals surface area contributed by atoms with Gasteiger partial charge < -0.3 is 4.90 Å². The van der Waals surface area contributed by atoms with Crippen molar-refractivity contribution in [3.63, 3.8) is 0 Å². The summed E-state index contributed by atoms with van der Waals surface area (Å²) < 4.78 is 0. The van der Waals surface area contributed by atoms with Gasteiger partial charge in [0.25, 0.3) is 0 Å². The third kappa shape index (κ3) is 1.49. The van der Waals surface area contributed by atoms with Gasteiger partial charge in [-0.15, -0.1) is 12.3 Å². The van der Waals surface area contributed by atoms with Crippen molar-refractivity contribution in [2.45, 2.75) is 6.42 Å². The van der Waals surface area contributed by atoms with Gasteiger partial charge in [-0.3, -0.25) is 4.79 Å². The van der Waals surface area contributed by atoms with E-state index in [1.165, 1.54) is 0 Å². The largest absolute Gasteiger partial charge is 0.311 e. The summed E-state index contributed by atoms with van der Waals surface area (Å²) in [5, 5.41) is 0. The zero-order valence-electron chi connectivity index (χ0n) is 7.81. The fourth-order valence-electron chi connectivity index (χ4n) is 1.68. The summed E-state index contributed by atoms with van der Waals surface area (Å²) in [5.41, 5.74) is 0.940. The second-order valence-electron chi connectivity index (χ2n) is 3.41. The van der Waals surface area contributed by atoms with Crippen molar-refractivity contribution in [1.29, 1.82) is 0 Å². The summed E-state index contributed by atoms with van der Waals surface area (Å²) in [7, 11) is 0. The molecule has 2 nitrogen and oxygen atoms in total. The maximum atomic E-state index is 11.6. The first-order valence-corrected chi connectivity index (χ1v) is 4.63. The van der Waals surface area contributed by atoms with Crippen molar-refractivity contribution < 1.29 is 4.79 Å². The quantitative estimate of drug-likeness (QED) is 0.609. The molecule has 1 heterocycles. The molecule has 0 N–H and O–H groups in total. The second kappa shape index (κ2) is 3.55. The van der Waals surface area contributed by atoms with Crippen molar-refractivity contribution >= 4 is 11.6 Å². The van der Waals surface area contributed by atoms with E-state index < -0.39 is 0 Å². The van der Waals surface area contributed by atoms with Gasteiger partial charge in [0.15, 0.2) is 0 Å². The van der Waals surface area contributed by atoms with Crippen LogP contribution in [0, 0.1) is 18.3 Å². The lowest BCUT2D eigenvalue weighted by atomic mass is 10.1. The van der Waals surface area contributed by atoms with E-state index in [1.807, 2.05) is 30.3 Å². The number of para-hydroxylation sites is 1. The smallest absolute Gasteiger partial charge is 0.228 e. The van der Waals surface area contributed by atoms with Gasteiger partial charge in [0.2, 0.25) is 5.91 Å². The highest BCUT2D eigenvalue weighted by Gasteiger charge is 2.28. The minimum atomic E-state index is 0.0720. The first-order valence-electron chi connectivity index (χ1n) is 4.63. The van der Waals surface area contributed by atoms with Crippen LogP contribution in [0.5, 0.6) is 0 Å². The van der Waals surface area contributed by atoms with Gasteiger partial charge in [-0.25, -0.2) is 0 Å². The van der Waals surface area contributed by atoms with E-state index in [9.17, 15) is 4.79 Å². The lowest BCUT2D eigenvalue weighted by Gasteiger charge is -2.15. The Morgan fingerprint density at radius 2 is 2.07 bits per heavy atom. The van der Waals surface area contributed by atoms with Crippen LogP contribution in [0.4, 0.5) is 5.69 Å². The fraction of sp³-hybridized carbons (Fsp3) is 0.250. The molecule has 0 aromatic heterocycles. The molecule has 1 aliphatic rings. The van der Waals surface area contributed by atoms with Crippen molar-refractivity contribution in [2.24, 2.45) is 5.92 Å². The standard InChI is InChI=1S/C12H11NO/c1-2-10-8-12(14)13(9-10)11-6-4-3-5-7-11/h1,3-7,10H,8-9H2. The van der Waals surface area contributed by atoms with Crippen LogP contribution in [0.3, 0.4) is 0 Å². The number of nitrogens with zero attached hydrogens (tertiary/aromatic N) is 1. The summed E-state index contributed by atoms with van der Waals surface area (Å²) in [6, 6.07) is 9.63. The van der Waals surface area contributed by atoms with Gasteiger partial charge in [-0.05, 0) is 12.1 Å². The summed E-state index contributed by atoms with van der Waals surface area (Å²) in [5.74, 6) is 2.83. The highest BCUT2D eigenvalue weighted by molar-refractivity contribution is 5.96. The van der Waals surface area contributed by atoms with Gasteiger partial charge in [0.1, 0.15) is 0 Å². The van der Waals surface area contributed by atoms with E-state index in [2.05, 4.69) is 5.92 Å². The molecule has 1 fully saturated rings. The van der Waals surface area contributed by atoms with Crippen molar-refractivity contribution in [3.8, 4) is 12.3 Å². The number of anilines is 1. The fourth-order valence-corrected chi connectivity index (χ4v) is 1.68. The molecule has 0 spiro atoms. The predicted octanol–water partition coefficient (Wildman–Crippen LogP) is 1.67. The molecule has 14 heavy (non-hydrogen) atoms. The molecular formula is C12H11NO. The van der Waals surface area contributed by atoms with Crippen molar-refractivity contribution in [2.75, 3.05) is 11.4 Å². The molecule has 1 aromatic rings. The average Bonchev–Trinajstić information content (AvgIpc) is 2.61. The van der Waals surface area contributed by atoms with Crippen molar-refractivity contribution in [3.05, 3.63) is 30.3 Å². The molecule has 0 aliphatic carbocycles. The highest BCUT2D eigenvalue weighted by atomic mass is 16.2. The molecule has 0 bridgehead atoms. The van der Waals surface area contributed by atoms with Crippen LogP contribution < -0.4 is 4.90 Å². The topological polar surface area (TPSA) is 20.3 Å². The Morgan fingerprint density at radius 3 is 2.64 bits per heavy atom. The molecule has 2 heteroatoms. The Morgan fingerprint density at radius 1 is 1.36 bits per heavy atom. The molecule has 70 valence electrons. The molecule has 1 unspecified atom stereocenters. The number of carbonyl (C=O) groups is 1. The SMILES string of the molecule is C#CC1CC(=O)N(c2ccccc2)C1. The maximum Gasteiger partial charge on any atom is 0.228 e. The molecule has 1 aliphatic heterocycles. The van der Waals surface area contributed by atoms with Crippen LogP contribution in [0.1, 0.15) is 6.42 Å². The van der Waals surface area contributed by atoms with Gasteiger partial charge >= 0.3 is 0 Å². The third-order valence-corrected chi connectivity index (χ3v) is 2.43. The second-order valence-corrected chi connectivity index (χ2v) is 3.41. The van der Waals surface area contributed by atoms with E-state index in [-0.39, 0.29) is 11.8 Å². The van der Waals surface area contributed by atoms with E-state index >= 15 is 0 Å². The number of terminal acetylenes is 1. The molecular weight excluding hydrogens is 174 g/mol. The summed E-state index contributed by atoms with van der Waals surface area (Å²) in [6.07, 6.45) is 5.79. The molecule has 1 amide bonds. The zero-order valence-corrected chi connectivity index (χ0v) is 7.81. The lowest BCUT2D eigenvalue weighted by Crippen LogP contribution is -2.24. The molecule has 1 atom stereocenters. The number of amides is 1. The average molecular weight is 185 g/mol. The van der Waals surface area contributed by atoms with Crippen LogP contribution in [0.25, 0.3) is 0 Å². The van der Waals surface area contributed by atoms with Gasteiger partial charge in [-0.1, -0.05) is 18.2 Å². The Bertz CT molecular complexity index is 377. The Hall–Kier alpha value is -1.75. The highest BCUT2D eigenvalue weighted by Crippen LogP contribution is 2.23. The minimum absolute atomic E-state index is 0.0720. The maximum absolute atomic E-state index is 11.6. The number of hydrogen-bond donors (Lipinski definition) is 0. The normalized spacial score (nSPS) is 20.9. The van der Waals surface area contributed by atoms with Crippen LogP contribution in [0.2, 0.25) is 0 Å². The molecule has 2 rings (SSSR count). The third-order valence-electron chi connectivity index (χ3n) is 2.43. The summed E-state index contributed by atoms with van der Waals surface area (Å²) in [6.45, 7) is 0.652. The Labute approximate surface area is 83.5 Å². The van der Waals surface area contributed by atoms with Crippen LogP contribution in [-0.4, -0.2) is 12.5 Å². The number of hydrogen-bond acceptors (Lipinski definition) is 1.